The van der Waals surface area contributed by atoms with Crippen LogP contribution in [-0.2, 0) is 25.5 Å². The number of amides is 3. The van der Waals surface area contributed by atoms with Crippen molar-refractivity contribution in [1.82, 2.24) is 10.2 Å². The van der Waals surface area contributed by atoms with E-state index in [0.29, 0.717) is 18.5 Å². The minimum Gasteiger partial charge on any atom is -0.394 e. The van der Waals surface area contributed by atoms with E-state index >= 15 is 0 Å². The highest BCUT2D eigenvalue weighted by atomic mass is 79.9. The topological polar surface area (TPSA) is 108 Å². The number of benzene rings is 2. The molecule has 9 heteroatoms. The lowest BCUT2D eigenvalue weighted by Gasteiger charge is -2.37. The molecule has 2 aromatic carbocycles. The minimum absolute atomic E-state index is 0.184. The Morgan fingerprint density at radius 1 is 1.19 bits per heavy atom. The maximum Gasteiger partial charge on any atom is 0.250 e. The van der Waals surface area contributed by atoms with Crippen molar-refractivity contribution in [2.75, 3.05) is 19.0 Å². The highest BCUT2D eigenvalue weighted by Gasteiger charge is 2.77. The van der Waals surface area contributed by atoms with Gasteiger partial charge in [-0.1, -0.05) is 58.4 Å². The number of carbonyl (C=O) groups excluding carboxylic acids is 3. The van der Waals surface area contributed by atoms with Gasteiger partial charge >= 0.3 is 0 Å². The molecule has 7 atom stereocenters. The Kier molecular flexibility index (Phi) is 6.89. The van der Waals surface area contributed by atoms with Crippen LogP contribution in [0, 0.1) is 25.7 Å². The van der Waals surface area contributed by atoms with Gasteiger partial charge in [-0.25, -0.2) is 0 Å². The molecule has 5 rings (SSSR count). The van der Waals surface area contributed by atoms with E-state index in [1.165, 1.54) is 11.9 Å². The number of anilines is 1. The van der Waals surface area contributed by atoms with Gasteiger partial charge in [0.05, 0.1) is 30.6 Å². The molecule has 3 saturated heterocycles. The van der Waals surface area contributed by atoms with Crippen molar-refractivity contribution >= 4 is 39.3 Å². The number of hydrogen-bond acceptors (Lipinski definition) is 5. The highest BCUT2D eigenvalue weighted by Crippen LogP contribution is 2.60. The largest absolute Gasteiger partial charge is 0.394 e. The summed E-state index contributed by atoms with van der Waals surface area (Å²) < 4.78 is 6.49. The van der Waals surface area contributed by atoms with Crippen LogP contribution in [0.4, 0.5) is 5.69 Å². The van der Waals surface area contributed by atoms with Crippen molar-refractivity contribution in [2.45, 2.75) is 55.3 Å². The Morgan fingerprint density at radius 2 is 1.92 bits per heavy atom. The molecule has 3 heterocycles. The Bertz CT molecular complexity index is 1220. The van der Waals surface area contributed by atoms with E-state index in [-0.39, 0.29) is 29.2 Å². The first kappa shape index (κ1) is 25.9. The van der Waals surface area contributed by atoms with E-state index in [1.54, 1.807) is 0 Å². The molecule has 3 aliphatic heterocycles. The van der Waals surface area contributed by atoms with Gasteiger partial charge in [-0.3, -0.25) is 14.4 Å². The number of ether oxygens (including phenoxy) is 1. The third-order valence-electron chi connectivity index (χ3n) is 8.09. The van der Waals surface area contributed by atoms with Crippen molar-refractivity contribution < 1.29 is 24.2 Å². The van der Waals surface area contributed by atoms with Crippen LogP contribution in [0.1, 0.15) is 23.1 Å². The number of fused-ring (bicyclic) bond motifs is 1. The highest BCUT2D eigenvalue weighted by molar-refractivity contribution is 9.09. The number of aryl methyl sites for hydroxylation is 2. The lowest BCUT2D eigenvalue weighted by atomic mass is 9.70. The van der Waals surface area contributed by atoms with Crippen LogP contribution >= 0.6 is 15.9 Å². The van der Waals surface area contributed by atoms with E-state index < -0.39 is 35.6 Å². The first-order valence-electron chi connectivity index (χ1n) is 12.6. The van der Waals surface area contributed by atoms with Gasteiger partial charge in [-0.2, -0.15) is 0 Å². The number of alkyl halides is 1. The summed E-state index contributed by atoms with van der Waals surface area (Å²) in [6.07, 6.45) is 0.256. The smallest absolute Gasteiger partial charge is 0.250 e. The van der Waals surface area contributed by atoms with Crippen molar-refractivity contribution in [3.05, 3.63) is 65.2 Å². The summed E-state index contributed by atoms with van der Waals surface area (Å²) in [5, 5.41) is 16.2. The monoisotopic (exact) mass is 569 g/mol. The first-order chi connectivity index (χ1) is 17.7. The number of aliphatic hydroxyl groups is 1. The van der Waals surface area contributed by atoms with E-state index in [9.17, 15) is 19.5 Å². The fraction of sp³-hybridized carbons (Fsp3) is 0.464. The van der Waals surface area contributed by atoms with Crippen LogP contribution < -0.4 is 10.6 Å². The van der Waals surface area contributed by atoms with E-state index in [2.05, 4.69) is 26.6 Å². The van der Waals surface area contributed by atoms with Crippen molar-refractivity contribution in [2.24, 2.45) is 11.8 Å². The lowest BCUT2D eigenvalue weighted by molar-refractivity contribution is -0.143. The van der Waals surface area contributed by atoms with E-state index in [0.717, 1.165) is 16.7 Å². The maximum atomic E-state index is 14.1. The molecule has 8 nitrogen and oxygen atoms in total. The molecule has 3 unspecified atom stereocenters. The normalized spacial score (nSPS) is 30.8. The molecule has 3 aliphatic rings. The van der Waals surface area contributed by atoms with Crippen LogP contribution in [0.25, 0.3) is 0 Å². The summed E-state index contributed by atoms with van der Waals surface area (Å²) >= 11 is 3.66. The third-order valence-corrected chi connectivity index (χ3v) is 8.94. The predicted molar refractivity (Wildman–Crippen MR) is 142 cm³/mol. The van der Waals surface area contributed by atoms with Gasteiger partial charge < -0.3 is 25.4 Å². The molecule has 3 amide bonds. The molecule has 0 aliphatic carbocycles. The average molecular weight is 570 g/mol. The summed E-state index contributed by atoms with van der Waals surface area (Å²) in [4.78, 5) is 42.6. The SMILES string of the molecule is CNC(=O)[C@H]1[C@H]2C(=O)N([C@@H](CO)Cc3ccccc3)C(C(=O)Nc3cc(C)ccc3C)C23CC(Br)[C@@H]1O3. The quantitative estimate of drug-likeness (QED) is 0.443. The molecule has 196 valence electrons. The standard InChI is InChI=1S/C28H32BrN3O5/c1-15-9-10-16(2)20(11-15)31-26(35)24-28-13-19(29)23(37-28)21(25(34)30-3)22(28)27(36)32(24)18(14-33)12-17-7-5-4-6-8-17/h4-11,18-19,21-24,33H,12-14H2,1-3H3,(H,30,34)(H,31,35)/t18-,19?,21+,22+,23+,24?,28?/m1/s1. The Balaban J connectivity index is 1.58. The zero-order chi connectivity index (χ0) is 26.5. The van der Waals surface area contributed by atoms with Gasteiger partial charge in [0.15, 0.2) is 0 Å². The second-order valence-electron chi connectivity index (χ2n) is 10.4. The molecule has 2 aromatic rings. The van der Waals surface area contributed by atoms with Gasteiger partial charge in [0.2, 0.25) is 17.7 Å². The van der Waals surface area contributed by atoms with Crippen molar-refractivity contribution in [3.8, 4) is 0 Å². The summed E-state index contributed by atoms with van der Waals surface area (Å²) in [6.45, 7) is 3.53. The zero-order valence-electron chi connectivity index (χ0n) is 21.1. The first-order valence-corrected chi connectivity index (χ1v) is 13.5. The second kappa shape index (κ2) is 9.85. The number of halogens is 1. The number of aliphatic hydroxyl groups excluding tert-OH is 1. The van der Waals surface area contributed by atoms with Gasteiger partial charge in [-0.05, 0) is 49.4 Å². The number of nitrogens with one attached hydrogen (secondary N) is 2. The summed E-state index contributed by atoms with van der Waals surface area (Å²) in [5.74, 6) is -2.53. The van der Waals surface area contributed by atoms with Gasteiger partial charge in [-0.15, -0.1) is 0 Å². The average Bonchev–Trinajstić information content (AvgIpc) is 3.48. The van der Waals surface area contributed by atoms with E-state index in [4.69, 9.17) is 4.74 Å². The second-order valence-corrected chi connectivity index (χ2v) is 11.5. The summed E-state index contributed by atoms with van der Waals surface area (Å²) in [7, 11) is 1.54. The van der Waals surface area contributed by atoms with Crippen molar-refractivity contribution in [3.63, 3.8) is 0 Å². The number of likely N-dealkylation sites (tertiary alicyclic amines) is 1. The maximum absolute atomic E-state index is 14.1. The van der Waals surface area contributed by atoms with Gasteiger partial charge in [0.1, 0.15) is 11.6 Å². The summed E-state index contributed by atoms with van der Waals surface area (Å²) in [6, 6.07) is 13.7. The van der Waals surface area contributed by atoms with Crippen LogP contribution in [0.15, 0.2) is 48.5 Å². The molecule has 3 fully saturated rings. The molecule has 3 N–H and O–H groups in total. The molecular formula is C28H32BrN3O5. The van der Waals surface area contributed by atoms with Crippen LogP contribution in [0.3, 0.4) is 0 Å². The zero-order valence-corrected chi connectivity index (χ0v) is 22.7. The van der Waals surface area contributed by atoms with Gasteiger partial charge in [0, 0.05) is 17.6 Å². The molecule has 37 heavy (non-hydrogen) atoms. The minimum atomic E-state index is -1.18. The fourth-order valence-corrected chi connectivity index (χ4v) is 7.38. The molecular weight excluding hydrogens is 538 g/mol. The van der Waals surface area contributed by atoms with Crippen LogP contribution in [0.2, 0.25) is 0 Å². The molecule has 2 bridgehead atoms. The number of rotatable bonds is 7. The van der Waals surface area contributed by atoms with Crippen LogP contribution in [-0.4, -0.2) is 70.0 Å². The molecule has 0 aromatic heterocycles. The number of hydrogen-bond donors (Lipinski definition) is 3. The Morgan fingerprint density at radius 3 is 2.59 bits per heavy atom. The summed E-state index contributed by atoms with van der Waals surface area (Å²) in [5.41, 5.74) is 2.30. The fourth-order valence-electron chi connectivity index (χ4n) is 6.44. The van der Waals surface area contributed by atoms with Crippen LogP contribution in [0.5, 0.6) is 0 Å². The van der Waals surface area contributed by atoms with Gasteiger partial charge in [0.25, 0.3) is 0 Å². The Labute approximate surface area is 224 Å². The molecule has 0 radical (unpaired) electrons. The predicted octanol–water partition coefficient (Wildman–Crippen LogP) is 2.34. The Hall–Kier alpha value is -2.75. The third kappa shape index (κ3) is 4.17. The lowest BCUT2D eigenvalue weighted by Crippen LogP contribution is -2.57. The number of nitrogens with zero attached hydrogens (tertiary/aromatic N) is 1. The van der Waals surface area contributed by atoms with E-state index in [1.807, 2.05) is 62.4 Å². The van der Waals surface area contributed by atoms with Crippen molar-refractivity contribution in [1.29, 1.82) is 0 Å². The molecule has 0 saturated carbocycles. The number of carbonyl (C=O) groups is 3. The molecule has 1 spiro atoms.